The number of aromatic nitrogens is 9. The summed E-state index contributed by atoms with van der Waals surface area (Å²) in [7, 11) is 1.75. The molecule has 0 spiro atoms. The molecule has 39 heavy (non-hydrogen) atoms. The van der Waals surface area contributed by atoms with Crippen molar-refractivity contribution in [3.05, 3.63) is 85.5 Å². The number of tetrazole rings is 1. The van der Waals surface area contributed by atoms with Crippen molar-refractivity contribution in [1.82, 2.24) is 44.1 Å². The normalized spacial score (nSPS) is 11.8. The SMILES string of the molecule is CCn1nnnc1Cn1c(=O)nc(Nc2cc3cn(C)nc3cc2Cl)n(Cc2ccc(C(F)(F)F)cc2)c1=O. The molecule has 0 aliphatic heterocycles. The maximum absolute atomic E-state index is 13.6. The second kappa shape index (κ2) is 9.98. The third-order valence-corrected chi connectivity index (χ3v) is 6.24. The molecule has 2 aromatic carbocycles. The van der Waals surface area contributed by atoms with Gasteiger partial charge in [-0.15, -0.1) is 5.10 Å². The Morgan fingerprint density at radius 3 is 2.49 bits per heavy atom. The van der Waals surface area contributed by atoms with Crippen molar-refractivity contribution in [2.75, 3.05) is 5.32 Å². The fourth-order valence-corrected chi connectivity index (χ4v) is 4.20. The molecule has 12 nitrogen and oxygen atoms in total. The highest BCUT2D eigenvalue weighted by atomic mass is 35.5. The van der Waals surface area contributed by atoms with Gasteiger partial charge in [0.25, 0.3) is 0 Å². The Morgan fingerprint density at radius 2 is 1.79 bits per heavy atom. The molecular weight excluding hydrogens is 541 g/mol. The molecule has 0 amide bonds. The first-order chi connectivity index (χ1) is 18.5. The van der Waals surface area contributed by atoms with E-state index in [0.717, 1.165) is 26.7 Å². The summed E-state index contributed by atoms with van der Waals surface area (Å²) in [4.78, 5) is 30.7. The Kier molecular flexibility index (Phi) is 6.68. The van der Waals surface area contributed by atoms with E-state index in [4.69, 9.17) is 11.6 Å². The molecular formula is C23H20ClF3N10O2. The summed E-state index contributed by atoms with van der Waals surface area (Å²) in [5.74, 6) is 0.103. The molecule has 0 aliphatic rings. The van der Waals surface area contributed by atoms with Crippen LogP contribution in [0.1, 0.15) is 23.9 Å². The third kappa shape index (κ3) is 5.25. The van der Waals surface area contributed by atoms with Crippen LogP contribution in [0.2, 0.25) is 5.02 Å². The van der Waals surface area contributed by atoms with Crippen molar-refractivity contribution >= 4 is 34.1 Å². The van der Waals surface area contributed by atoms with Crippen molar-refractivity contribution in [1.29, 1.82) is 0 Å². The number of aryl methyl sites for hydroxylation is 2. The molecule has 3 heterocycles. The monoisotopic (exact) mass is 560 g/mol. The second-order valence-electron chi connectivity index (χ2n) is 8.60. The standard InChI is InChI=1S/C23H20ClF3N10O2/c1-3-37-19(30-32-33-37)12-36-21(38)29-20(28-18-8-14-11-34(2)31-17(14)9-16(18)24)35(22(36)39)10-13-4-6-15(7-5-13)23(25,26)27/h4-9,11H,3,10,12H2,1-2H3,(H,28,29,38). The number of hydrogen-bond acceptors (Lipinski definition) is 8. The summed E-state index contributed by atoms with van der Waals surface area (Å²) >= 11 is 6.43. The Labute approximate surface area is 222 Å². The van der Waals surface area contributed by atoms with Crippen LogP contribution in [0.15, 0.2) is 52.2 Å². The molecule has 0 bridgehead atoms. The molecule has 5 aromatic rings. The lowest BCUT2D eigenvalue weighted by Crippen LogP contribution is -2.43. The van der Waals surface area contributed by atoms with Gasteiger partial charge in [0.05, 0.1) is 34.9 Å². The molecule has 0 fully saturated rings. The lowest BCUT2D eigenvalue weighted by molar-refractivity contribution is -0.137. The summed E-state index contributed by atoms with van der Waals surface area (Å²) in [6.45, 7) is 1.73. The number of rotatable bonds is 7. The fourth-order valence-electron chi connectivity index (χ4n) is 3.99. The van der Waals surface area contributed by atoms with Crippen LogP contribution in [0.25, 0.3) is 10.9 Å². The Morgan fingerprint density at radius 1 is 1.05 bits per heavy atom. The topological polar surface area (TPSA) is 130 Å². The van der Waals surface area contributed by atoms with Gasteiger partial charge in [-0.2, -0.15) is 23.3 Å². The maximum atomic E-state index is 13.6. The van der Waals surface area contributed by atoms with Gasteiger partial charge >= 0.3 is 17.6 Å². The van der Waals surface area contributed by atoms with Gasteiger partial charge in [0.15, 0.2) is 5.82 Å². The second-order valence-corrected chi connectivity index (χ2v) is 9.00. The van der Waals surface area contributed by atoms with Crippen molar-refractivity contribution in [2.24, 2.45) is 7.05 Å². The average Bonchev–Trinajstić information content (AvgIpc) is 3.48. The molecule has 0 saturated carbocycles. The minimum Gasteiger partial charge on any atom is -0.324 e. The van der Waals surface area contributed by atoms with Gasteiger partial charge in [-0.05, 0) is 47.2 Å². The molecule has 5 rings (SSSR count). The van der Waals surface area contributed by atoms with Crippen LogP contribution >= 0.6 is 11.6 Å². The number of alkyl halides is 3. The molecule has 3 aromatic heterocycles. The van der Waals surface area contributed by atoms with Gasteiger partial charge < -0.3 is 5.32 Å². The molecule has 202 valence electrons. The van der Waals surface area contributed by atoms with E-state index in [1.807, 2.05) is 0 Å². The van der Waals surface area contributed by atoms with Gasteiger partial charge in [-0.25, -0.2) is 18.8 Å². The number of fused-ring (bicyclic) bond motifs is 1. The molecule has 0 unspecified atom stereocenters. The number of hydrogen-bond donors (Lipinski definition) is 1. The molecule has 0 radical (unpaired) electrons. The quantitative estimate of drug-likeness (QED) is 0.322. The van der Waals surface area contributed by atoms with Crippen LogP contribution < -0.4 is 16.7 Å². The molecule has 0 atom stereocenters. The summed E-state index contributed by atoms with van der Waals surface area (Å²) in [5.41, 5.74) is -1.14. The number of benzene rings is 2. The minimum atomic E-state index is -4.51. The largest absolute Gasteiger partial charge is 0.416 e. The van der Waals surface area contributed by atoms with Gasteiger partial charge in [0.1, 0.15) is 0 Å². The first-order valence-electron chi connectivity index (χ1n) is 11.6. The van der Waals surface area contributed by atoms with E-state index in [-0.39, 0.29) is 29.9 Å². The van der Waals surface area contributed by atoms with Crippen molar-refractivity contribution in [3.63, 3.8) is 0 Å². The van der Waals surface area contributed by atoms with Crippen LogP contribution in [0.5, 0.6) is 0 Å². The average molecular weight is 561 g/mol. The van der Waals surface area contributed by atoms with Crippen LogP contribution in [-0.2, 0) is 32.9 Å². The van der Waals surface area contributed by atoms with E-state index in [2.05, 4.69) is 30.9 Å². The van der Waals surface area contributed by atoms with Crippen molar-refractivity contribution in [3.8, 4) is 0 Å². The van der Waals surface area contributed by atoms with Gasteiger partial charge in [-0.1, -0.05) is 23.7 Å². The van der Waals surface area contributed by atoms with E-state index >= 15 is 0 Å². The Balaban J connectivity index is 1.60. The molecule has 0 aliphatic carbocycles. The molecule has 0 saturated heterocycles. The predicted molar refractivity (Wildman–Crippen MR) is 135 cm³/mol. The van der Waals surface area contributed by atoms with Crippen LogP contribution in [-0.4, -0.2) is 44.1 Å². The summed E-state index contributed by atoms with van der Waals surface area (Å²) in [5, 5.41) is 19.4. The number of nitrogens with zero attached hydrogens (tertiary/aromatic N) is 9. The van der Waals surface area contributed by atoms with E-state index in [9.17, 15) is 22.8 Å². The predicted octanol–water partition coefficient (Wildman–Crippen LogP) is 2.81. The zero-order chi connectivity index (χ0) is 27.9. The summed E-state index contributed by atoms with van der Waals surface area (Å²) in [6, 6.07) is 7.63. The highest BCUT2D eigenvalue weighted by Gasteiger charge is 2.30. The summed E-state index contributed by atoms with van der Waals surface area (Å²) in [6.07, 6.45) is -2.75. The van der Waals surface area contributed by atoms with Crippen LogP contribution in [0.4, 0.5) is 24.8 Å². The first-order valence-corrected chi connectivity index (χ1v) is 11.9. The van der Waals surface area contributed by atoms with Gasteiger partial charge in [-0.3, -0.25) is 9.25 Å². The molecule has 1 N–H and O–H groups in total. The number of nitrogens with one attached hydrogen (secondary N) is 1. The minimum absolute atomic E-state index is 0.152. The Bertz CT molecular complexity index is 1790. The molecule has 16 heteroatoms. The van der Waals surface area contributed by atoms with E-state index < -0.39 is 23.1 Å². The van der Waals surface area contributed by atoms with Crippen LogP contribution in [0, 0.1) is 0 Å². The Hall–Kier alpha value is -4.53. The number of anilines is 2. The van der Waals surface area contributed by atoms with E-state index in [1.165, 1.54) is 16.8 Å². The van der Waals surface area contributed by atoms with Crippen molar-refractivity contribution in [2.45, 2.75) is 32.7 Å². The maximum Gasteiger partial charge on any atom is 0.416 e. The number of halogens is 4. The lowest BCUT2D eigenvalue weighted by atomic mass is 10.1. The zero-order valence-electron chi connectivity index (χ0n) is 20.5. The van der Waals surface area contributed by atoms with Crippen molar-refractivity contribution < 1.29 is 13.2 Å². The highest BCUT2D eigenvalue weighted by molar-refractivity contribution is 6.34. The van der Waals surface area contributed by atoms with E-state index in [1.54, 1.807) is 37.0 Å². The van der Waals surface area contributed by atoms with Crippen LogP contribution in [0.3, 0.4) is 0 Å². The summed E-state index contributed by atoms with van der Waals surface area (Å²) < 4.78 is 44.2. The van der Waals surface area contributed by atoms with Gasteiger partial charge in [0, 0.05) is 25.2 Å². The lowest BCUT2D eigenvalue weighted by Gasteiger charge is -2.16. The van der Waals surface area contributed by atoms with E-state index in [0.29, 0.717) is 23.3 Å². The first kappa shape index (κ1) is 26.1. The highest BCUT2D eigenvalue weighted by Crippen LogP contribution is 2.30. The smallest absolute Gasteiger partial charge is 0.324 e. The fraction of sp³-hybridized carbons (Fsp3) is 0.261. The third-order valence-electron chi connectivity index (χ3n) is 5.93. The van der Waals surface area contributed by atoms with Gasteiger partial charge in [0.2, 0.25) is 5.95 Å². The zero-order valence-corrected chi connectivity index (χ0v) is 21.3.